The molecular weight excluding hydrogens is 944 g/mol. The van der Waals surface area contributed by atoms with Crippen molar-refractivity contribution in [2.24, 2.45) is 0 Å². The van der Waals surface area contributed by atoms with Gasteiger partial charge in [0, 0.05) is 0 Å². The zero-order valence-corrected chi connectivity index (χ0v) is 50.1. The molecule has 0 bridgehead atoms. The first-order valence-corrected chi connectivity index (χ1v) is 36.8. The highest BCUT2D eigenvalue weighted by molar-refractivity contribution is 9.12. The molecule has 70 heavy (non-hydrogen) atoms. The van der Waals surface area contributed by atoms with E-state index in [0.29, 0.717) is 19.8 Å². The lowest BCUT2D eigenvalue weighted by Gasteiger charge is -2.15. The van der Waals surface area contributed by atoms with Crippen LogP contribution >= 0.6 is 39.7 Å². The summed E-state index contributed by atoms with van der Waals surface area (Å²) in [5, 5.41) is 0. The molecule has 0 saturated heterocycles. The molecule has 0 aromatic heterocycles. The monoisotopic (exact) mass is 1060 g/mol. The number of esters is 3. The predicted octanol–water partition coefficient (Wildman–Crippen LogP) is 21.8. The molecule has 0 heterocycles. The number of hydrogen-bond donors (Lipinski definition) is 0. The highest BCUT2D eigenvalue weighted by Crippen LogP contribution is 2.70. The largest absolute Gasteiger partial charge is 0.465 e. The summed E-state index contributed by atoms with van der Waals surface area (Å²) in [6, 6.07) is 0. The van der Waals surface area contributed by atoms with Crippen molar-refractivity contribution in [1.82, 2.24) is 0 Å². The Morgan fingerprint density at radius 1 is 0.243 bits per heavy atom. The van der Waals surface area contributed by atoms with E-state index in [9.17, 15) is 14.4 Å². The van der Waals surface area contributed by atoms with Gasteiger partial charge in [-0.25, -0.2) is 0 Å². The van der Waals surface area contributed by atoms with Crippen LogP contribution in [0.1, 0.15) is 329 Å². The van der Waals surface area contributed by atoms with E-state index in [1.54, 1.807) is 0 Å². The third-order valence-corrected chi connectivity index (χ3v) is 24.1. The van der Waals surface area contributed by atoms with Crippen molar-refractivity contribution in [2.45, 2.75) is 329 Å². The van der Waals surface area contributed by atoms with Gasteiger partial charge in [0.25, 0.3) is 0 Å². The van der Waals surface area contributed by atoms with Crippen LogP contribution in [-0.2, 0) is 28.6 Å². The molecule has 0 amide bonds. The first-order valence-electron chi connectivity index (χ1n) is 30.7. The van der Waals surface area contributed by atoms with Crippen molar-refractivity contribution in [1.29, 1.82) is 0 Å². The Balaban J connectivity index is 4.28. The van der Waals surface area contributed by atoms with Gasteiger partial charge in [-0.2, -0.15) is 0 Å². The summed E-state index contributed by atoms with van der Waals surface area (Å²) in [4.78, 5) is 38.2. The first-order chi connectivity index (χ1) is 34.5. The topological polar surface area (TPSA) is 78.9 Å². The van der Waals surface area contributed by atoms with E-state index in [4.69, 9.17) is 14.2 Å². The lowest BCUT2D eigenvalue weighted by molar-refractivity contribution is -0.141. The molecule has 0 aromatic rings. The van der Waals surface area contributed by atoms with Crippen LogP contribution in [0, 0.1) is 0 Å². The second-order valence-electron chi connectivity index (χ2n) is 20.6. The number of carbonyl (C=O) groups is 3. The Labute approximate surface area is 449 Å². The van der Waals surface area contributed by atoms with Crippen LogP contribution in [0.4, 0.5) is 0 Å². The van der Waals surface area contributed by atoms with Crippen LogP contribution in [0.5, 0.6) is 0 Å². The minimum Gasteiger partial charge on any atom is -0.465 e. The van der Waals surface area contributed by atoms with Crippen molar-refractivity contribution in [3.8, 4) is 0 Å². The minimum atomic E-state index is -0.931. The summed E-state index contributed by atoms with van der Waals surface area (Å²) in [6.45, 7) is 8.25. The fourth-order valence-electron chi connectivity index (χ4n) is 9.06. The maximum atomic E-state index is 12.7. The minimum absolute atomic E-state index is 0.211. The van der Waals surface area contributed by atoms with E-state index in [2.05, 4.69) is 20.8 Å². The number of hydrogen-bond acceptors (Lipinski definition) is 9. The molecular formula is C60H117O6PS3. The van der Waals surface area contributed by atoms with E-state index in [-0.39, 0.29) is 35.2 Å². The van der Waals surface area contributed by atoms with E-state index in [1.807, 2.05) is 0 Å². The molecule has 0 aliphatic rings. The Morgan fingerprint density at radius 2 is 0.386 bits per heavy atom. The van der Waals surface area contributed by atoms with Gasteiger partial charge in [-0.1, -0.05) is 310 Å². The Hall–Kier alpha value is -0.110. The van der Waals surface area contributed by atoms with Gasteiger partial charge in [0.1, 0.15) is 0 Å². The summed E-state index contributed by atoms with van der Waals surface area (Å²) in [5.74, 6) is 0.0538. The third kappa shape index (κ3) is 58.8. The molecule has 6 nitrogen and oxygen atoms in total. The highest BCUT2D eigenvalue weighted by atomic mass is 33.4. The summed E-state index contributed by atoms with van der Waals surface area (Å²) in [7, 11) is 0. The number of carbonyl (C=O) groups excluding carboxylic acids is 3. The SMILES string of the molecule is CCCCCCCCCCCCCCCCCCOC(=O)CSP(SCC(=O)OCCCCCCCCCCCCCCCCCC)SCC(=O)OCCCCCCCCCCCCCCCCCC. The summed E-state index contributed by atoms with van der Waals surface area (Å²) >= 11 is 4.51. The number of unbranched alkanes of at least 4 members (excludes halogenated alkanes) is 45. The predicted molar refractivity (Wildman–Crippen MR) is 316 cm³/mol. The lowest BCUT2D eigenvalue weighted by Crippen LogP contribution is -2.10. The number of rotatable bonds is 60. The van der Waals surface area contributed by atoms with Crippen molar-refractivity contribution in [3.63, 3.8) is 0 Å². The Bertz CT molecular complexity index is 941. The molecule has 416 valence electrons. The standard InChI is InChI=1S/C60H117O6PS3/c1-4-7-10-13-16-19-22-25-28-31-34-37-40-43-46-49-52-64-58(61)55-68-67(69-56-59(62)65-53-50-47-44-41-38-35-32-29-26-23-20-17-14-11-8-5-2)70-57-60(63)66-54-51-48-45-42-39-36-33-30-27-24-21-18-15-12-9-6-3/h4-57H2,1-3H3. The molecule has 0 N–H and O–H groups in total. The van der Waals surface area contributed by atoms with E-state index in [1.165, 1.54) is 304 Å². The van der Waals surface area contributed by atoms with Crippen LogP contribution in [0.3, 0.4) is 0 Å². The second kappa shape index (κ2) is 61.4. The third-order valence-electron chi connectivity index (χ3n) is 13.6. The van der Waals surface area contributed by atoms with E-state index in [0.717, 1.165) is 38.5 Å². The van der Waals surface area contributed by atoms with E-state index < -0.39 is 5.53 Å². The molecule has 0 radical (unpaired) electrons. The fourth-order valence-corrected chi connectivity index (χ4v) is 17.6. The average molecular weight is 1060 g/mol. The van der Waals surface area contributed by atoms with Crippen molar-refractivity contribution in [2.75, 3.05) is 37.1 Å². The molecule has 0 atom stereocenters. The zero-order valence-electron chi connectivity index (χ0n) is 46.8. The molecule has 0 spiro atoms. The highest BCUT2D eigenvalue weighted by Gasteiger charge is 2.19. The Kier molecular flexibility index (Phi) is 61.3. The average Bonchev–Trinajstić information content (AvgIpc) is 3.36. The molecule has 0 unspecified atom stereocenters. The van der Waals surface area contributed by atoms with Gasteiger partial charge in [0.2, 0.25) is 0 Å². The van der Waals surface area contributed by atoms with Gasteiger partial charge in [-0.15, -0.1) is 34.1 Å². The molecule has 0 fully saturated rings. The molecule has 0 saturated carbocycles. The molecule has 0 aromatic carbocycles. The van der Waals surface area contributed by atoms with Gasteiger partial charge in [0.05, 0.1) is 42.6 Å². The summed E-state index contributed by atoms with van der Waals surface area (Å²) in [5.41, 5.74) is -0.931. The first kappa shape index (κ1) is 69.9. The van der Waals surface area contributed by atoms with Crippen LogP contribution in [-0.4, -0.2) is 55.0 Å². The Morgan fingerprint density at radius 3 is 0.543 bits per heavy atom. The molecule has 10 heteroatoms. The molecule has 0 aliphatic carbocycles. The second-order valence-corrected chi connectivity index (χ2v) is 30.4. The fraction of sp³-hybridized carbons (Fsp3) is 0.950. The van der Waals surface area contributed by atoms with Crippen LogP contribution in [0.2, 0.25) is 0 Å². The number of ether oxygens (including phenoxy) is 3. The maximum Gasteiger partial charge on any atom is 0.316 e. The molecule has 0 aliphatic heterocycles. The van der Waals surface area contributed by atoms with Gasteiger partial charge in [-0.05, 0) is 19.3 Å². The van der Waals surface area contributed by atoms with Gasteiger partial charge in [0.15, 0.2) is 0 Å². The molecule has 0 rings (SSSR count). The van der Waals surface area contributed by atoms with Crippen molar-refractivity contribution in [3.05, 3.63) is 0 Å². The zero-order chi connectivity index (χ0) is 50.7. The van der Waals surface area contributed by atoms with Crippen LogP contribution in [0.15, 0.2) is 0 Å². The van der Waals surface area contributed by atoms with Crippen LogP contribution in [0.25, 0.3) is 0 Å². The lowest BCUT2D eigenvalue weighted by atomic mass is 10.0. The summed E-state index contributed by atoms with van der Waals surface area (Å²) in [6.07, 6.45) is 63.2. The van der Waals surface area contributed by atoms with Gasteiger partial charge < -0.3 is 14.2 Å². The van der Waals surface area contributed by atoms with Crippen molar-refractivity contribution < 1.29 is 28.6 Å². The summed E-state index contributed by atoms with van der Waals surface area (Å²) < 4.78 is 16.8. The van der Waals surface area contributed by atoms with Gasteiger partial charge >= 0.3 is 17.9 Å². The normalized spacial score (nSPS) is 11.5. The van der Waals surface area contributed by atoms with Crippen molar-refractivity contribution >= 4 is 57.6 Å². The van der Waals surface area contributed by atoms with Gasteiger partial charge in [-0.3, -0.25) is 14.4 Å². The smallest absolute Gasteiger partial charge is 0.316 e. The van der Waals surface area contributed by atoms with E-state index >= 15 is 0 Å². The maximum absolute atomic E-state index is 12.7. The quantitative estimate of drug-likeness (QED) is 0.0256. The van der Waals surface area contributed by atoms with Crippen LogP contribution < -0.4 is 0 Å².